The minimum atomic E-state index is -1.11. The molecule has 0 heterocycles. The topological polar surface area (TPSA) is 60.7 Å². The molecule has 3 heteroatoms. The maximum atomic E-state index is 9.53. The average molecular weight is 188 g/mol. The molecule has 2 atom stereocenters. The van der Waals surface area contributed by atoms with Gasteiger partial charge < -0.3 is 15.3 Å². The predicted molar refractivity (Wildman–Crippen MR) is 52.4 cm³/mol. The normalized spacial score (nSPS) is 19.2. The Morgan fingerprint density at radius 2 is 1.77 bits per heavy atom. The molecule has 0 aromatic carbocycles. The molecule has 3 nitrogen and oxygen atoms in total. The van der Waals surface area contributed by atoms with E-state index in [1.54, 1.807) is 20.8 Å². The first kappa shape index (κ1) is 12.6. The molecule has 0 aromatic heterocycles. The third kappa shape index (κ3) is 5.03. The van der Waals surface area contributed by atoms with Gasteiger partial charge in [-0.15, -0.1) is 6.58 Å². The summed E-state index contributed by atoms with van der Waals surface area (Å²) in [7, 11) is 0. The number of aliphatic hydroxyl groups is 3. The second-order valence-corrected chi connectivity index (χ2v) is 4.27. The van der Waals surface area contributed by atoms with Gasteiger partial charge in [-0.05, 0) is 33.6 Å². The third-order valence-corrected chi connectivity index (χ3v) is 2.18. The number of aliphatic hydroxyl groups excluding tert-OH is 1. The van der Waals surface area contributed by atoms with Crippen LogP contribution in [0, 0.1) is 0 Å². The van der Waals surface area contributed by atoms with Crippen molar-refractivity contribution in [3.63, 3.8) is 0 Å². The smallest absolute Gasteiger partial charge is 0.0849 e. The highest BCUT2D eigenvalue weighted by Crippen LogP contribution is 2.19. The Labute approximate surface area is 79.7 Å². The van der Waals surface area contributed by atoms with Gasteiger partial charge in [-0.3, -0.25) is 0 Å². The van der Waals surface area contributed by atoms with Gasteiger partial charge in [0.05, 0.1) is 17.3 Å². The maximum absolute atomic E-state index is 9.53. The van der Waals surface area contributed by atoms with Crippen LogP contribution in [0.2, 0.25) is 0 Å². The van der Waals surface area contributed by atoms with E-state index in [2.05, 4.69) is 6.58 Å². The first-order valence-corrected chi connectivity index (χ1v) is 4.45. The minimum Gasteiger partial charge on any atom is -0.390 e. The molecule has 0 radical (unpaired) electrons. The summed E-state index contributed by atoms with van der Waals surface area (Å²) < 4.78 is 0. The molecule has 0 amide bonds. The summed E-state index contributed by atoms with van der Waals surface area (Å²) in [5, 5.41) is 28.4. The fraction of sp³-hybridized carbons (Fsp3) is 0.800. The van der Waals surface area contributed by atoms with Gasteiger partial charge in [0.15, 0.2) is 0 Å². The van der Waals surface area contributed by atoms with Crippen LogP contribution in [-0.2, 0) is 0 Å². The molecule has 0 saturated heterocycles. The zero-order chi connectivity index (χ0) is 10.7. The van der Waals surface area contributed by atoms with E-state index in [9.17, 15) is 15.3 Å². The van der Waals surface area contributed by atoms with Crippen molar-refractivity contribution in [2.45, 2.75) is 50.9 Å². The van der Waals surface area contributed by atoms with Gasteiger partial charge in [0.25, 0.3) is 0 Å². The van der Waals surface area contributed by atoms with Gasteiger partial charge >= 0.3 is 0 Å². The Bertz CT molecular complexity index is 167. The van der Waals surface area contributed by atoms with E-state index >= 15 is 0 Å². The van der Waals surface area contributed by atoms with E-state index in [0.29, 0.717) is 12.8 Å². The first-order valence-electron chi connectivity index (χ1n) is 4.45. The van der Waals surface area contributed by atoms with Crippen LogP contribution in [0.3, 0.4) is 0 Å². The zero-order valence-corrected chi connectivity index (χ0v) is 8.62. The molecular weight excluding hydrogens is 168 g/mol. The minimum absolute atomic E-state index is 0.350. The number of hydrogen-bond acceptors (Lipinski definition) is 3. The number of hydrogen-bond donors (Lipinski definition) is 3. The van der Waals surface area contributed by atoms with Crippen LogP contribution in [0.4, 0.5) is 0 Å². The first-order chi connectivity index (χ1) is 5.69. The van der Waals surface area contributed by atoms with Crippen molar-refractivity contribution in [3.8, 4) is 0 Å². The summed E-state index contributed by atoms with van der Waals surface area (Å²) in [5.41, 5.74) is -2.08. The molecular formula is C10H20O3. The van der Waals surface area contributed by atoms with E-state index in [1.165, 1.54) is 6.08 Å². The summed E-state index contributed by atoms with van der Waals surface area (Å²) in [6.45, 7) is 8.18. The molecule has 0 aliphatic carbocycles. The van der Waals surface area contributed by atoms with Crippen LogP contribution in [0.5, 0.6) is 0 Å². The Morgan fingerprint density at radius 1 is 1.31 bits per heavy atom. The fourth-order valence-corrected chi connectivity index (χ4v) is 0.884. The van der Waals surface area contributed by atoms with Gasteiger partial charge in [0.1, 0.15) is 0 Å². The van der Waals surface area contributed by atoms with Gasteiger partial charge in [-0.2, -0.15) is 0 Å². The highest BCUT2D eigenvalue weighted by atomic mass is 16.3. The van der Waals surface area contributed by atoms with Crippen molar-refractivity contribution in [1.82, 2.24) is 0 Å². The second-order valence-electron chi connectivity index (χ2n) is 4.27. The molecule has 0 aromatic rings. The Balaban J connectivity index is 3.97. The molecule has 3 N–H and O–H groups in total. The lowest BCUT2D eigenvalue weighted by molar-refractivity contribution is -0.0591. The summed E-state index contributed by atoms with van der Waals surface area (Å²) in [4.78, 5) is 0. The van der Waals surface area contributed by atoms with E-state index in [1.807, 2.05) is 0 Å². The van der Waals surface area contributed by atoms with Crippen LogP contribution in [0.25, 0.3) is 0 Å². The lowest BCUT2D eigenvalue weighted by atomic mass is 9.92. The van der Waals surface area contributed by atoms with Gasteiger partial charge in [-0.25, -0.2) is 0 Å². The van der Waals surface area contributed by atoms with Crippen molar-refractivity contribution in [1.29, 1.82) is 0 Å². The lowest BCUT2D eigenvalue weighted by Gasteiger charge is -2.27. The molecule has 0 aliphatic rings. The monoisotopic (exact) mass is 188 g/mol. The SMILES string of the molecule is C=C[C@@](C)(O)CC[C@@H](O)C(C)(C)O. The summed E-state index contributed by atoms with van der Waals surface area (Å²) in [5.74, 6) is 0. The lowest BCUT2D eigenvalue weighted by Crippen LogP contribution is -2.37. The van der Waals surface area contributed by atoms with Crippen LogP contribution >= 0.6 is 0 Å². The highest BCUT2D eigenvalue weighted by molar-refractivity contribution is 4.92. The highest BCUT2D eigenvalue weighted by Gasteiger charge is 2.26. The summed E-state index contributed by atoms with van der Waals surface area (Å²) in [6, 6.07) is 0. The van der Waals surface area contributed by atoms with Crippen molar-refractivity contribution in [2.75, 3.05) is 0 Å². The largest absolute Gasteiger partial charge is 0.390 e. The van der Waals surface area contributed by atoms with Crippen molar-refractivity contribution >= 4 is 0 Å². The van der Waals surface area contributed by atoms with Crippen molar-refractivity contribution in [3.05, 3.63) is 12.7 Å². The van der Waals surface area contributed by atoms with E-state index in [-0.39, 0.29) is 0 Å². The molecule has 0 unspecified atom stereocenters. The van der Waals surface area contributed by atoms with Crippen molar-refractivity contribution < 1.29 is 15.3 Å². The molecule has 0 aliphatic heterocycles. The van der Waals surface area contributed by atoms with E-state index < -0.39 is 17.3 Å². The summed E-state index contributed by atoms with van der Waals surface area (Å²) >= 11 is 0. The molecule has 0 saturated carbocycles. The van der Waals surface area contributed by atoms with Gasteiger partial charge in [-0.1, -0.05) is 6.08 Å². The molecule has 0 spiro atoms. The molecule has 0 rings (SSSR count). The zero-order valence-electron chi connectivity index (χ0n) is 8.62. The van der Waals surface area contributed by atoms with Crippen LogP contribution in [0.15, 0.2) is 12.7 Å². The van der Waals surface area contributed by atoms with E-state index in [4.69, 9.17) is 0 Å². The third-order valence-electron chi connectivity index (χ3n) is 2.18. The maximum Gasteiger partial charge on any atom is 0.0849 e. The summed E-state index contributed by atoms with van der Waals surface area (Å²) in [6.07, 6.45) is 1.35. The average Bonchev–Trinajstić information content (AvgIpc) is 1.98. The van der Waals surface area contributed by atoms with Gasteiger partial charge in [0, 0.05) is 0 Å². The van der Waals surface area contributed by atoms with E-state index in [0.717, 1.165) is 0 Å². The molecule has 13 heavy (non-hydrogen) atoms. The van der Waals surface area contributed by atoms with Crippen molar-refractivity contribution in [2.24, 2.45) is 0 Å². The molecule has 0 fully saturated rings. The van der Waals surface area contributed by atoms with Gasteiger partial charge in [0.2, 0.25) is 0 Å². The second kappa shape index (κ2) is 4.22. The Morgan fingerprint density at radius 3 is 2.08 bits per heavy atom. The Kier molecular flexibility index (Phi) is 4.10. The number of rotatable bonds is 5. The Hall–Kier alpha value is -0.380. The van der Waals surface area contributed by atoms with Crippen LogP contribution in [-0.4, -0.2) is 32.6 Å². The van der Waals surface area contributed by atoms with Crippen LogP contribution < -0.4 is 0 Å². The fourth-order valence-electron chi connectivity index (χ4n) is 0.884. The quantitative estimate of drug-likeness (QED) is 0.560. The molecule has 0 bridgehead atoms. The standard InChI is InChI=1S/C10H20O3/c1-5-10(4,13)7-6-8(11)9(2,3)12/h5,8,11-13H,1,6-7H2,2-4H3/t8-,10-/m1/s1. The molecule has 78 valence electrons. The van der Waals surface area contributed by atoms with Crippen LogP contribution in [0.1, 0.15) is 33.6 Å². The predicted octanol–water partition coefficient (Wildman–Crippen LogP) is 0.835.